The van der Waals surface area contributed by atoms with Crippen molar-refractivity contribution in [3.63, 3.8) is 0 Å². The average molecular weight is 289 g/mol. The van der Waals surface area contributed by atoms with E-state index < -0.39 is 0 Å². The van der Waals surface area contributed by atoms with Crippen LogP contribution >= 0.6 is 11.8 Å². The molecule has 0 atom stereocenters. The second-order valence-corrected chi connectivity index (χ2v) is 5.58. The quantitative estimate of drug-likeness (QED) is 0.595. The maximum Gasteiger partial charge on any atom is 0.183 e. The molecule has 0 aliphatic carbocycles. The van der Waals surface area contributed by atoms with Crippen LogP contribution in [-0.4, -0.2) is 19.2 Å². The van der Waals surface area contributed by atoms with Gasteiger partial charge in [-0.15, -0.1) is 11.8 Å². The molecular formula is C16H19NO2S. The molecule has 0 unspecified atom stereocenters. The molecule has 0 fully saturated rings. The SMILES string of the molecule is COC(OC)c1ccc(SCc2cncc(C)c2)cc1. The van der Waals surface area contributed by atoms with Crippen LogP contribution in [0.3, 0.4) is 0 Å². The highest BCUT2D eigenvalue weighted by atomic mass is 32.2. The van der Waals surface area contributed by atoms with Gasteiger partial charge in [0.15, 0.2) is 6.29 Å². The number of rotatable bonds is 6. The number of nitrogens with zero attached hydrogens (tertiary/aromatic N) is 1. The zero-order valence-corrected chi connectivity index (χ0v) is 12.8. The van der Waals surface area contributed by atoms with Crippen molar-refractivity contribution in [3.8, 4) is 0 Å². The Labute approximate surface area is 124 Å². The van der Waals surface area contributed by atoms with E-state index in [1.165, 1.54) is 16.0 Å². The molecule has 1 heterocycles. The maximum absolute atomic E-state index is 5.23. The molecule has 0 N–H and O–H groups in total. The molecule has 0 aliphatic rings. The number of aryl methyl sites for hydroxylation is 1. The fourth-order valence-corrected chi connectivity index (χ4v) is 2.77. The van der Waals surface area contributed by atoms with Gasteiger partial charge in [0, 0.05) is 42.8 Å². The predicted octanol–water partition coefficient (Wildman–Crippen LogP) is 3.97. The van der Waals surface area contributed by atoms with Gasteiger partial charge in [-0.2, -0.15) is 0 Å². The third-order valence-electron chi connectivity index (χ3n) is 2.92. The van der Waals surface area contributed by atoms with Gasteiger partial charge in [-0.1, -0.05) is 18.2 Å². The van der Waals surface area contributed by atoms with Crippen LogP contribution in [0.5, 0.6) is 0 Å². The molecule has 3 nitrogen and oxygen atoms in total. The third kappa shape index (κ3) is 4.07. The minimum Gasteiger partial charge on any atom is -0.352 e. The number of hydrogen-bond donors (Lipinski definition) is 0. The van der Waals surface area contributed by atoms with E-state index in [1.807, 2.05) is 24.5 Å². The van der Waals surface area contributed by atoms with E-state index in [4.69, 9.17) is 9.47 Å². The summed E-state index contributed by atoms with van der Waals surface area (Å²) >= 11 is 1.80. The largest absolute Gasteiger partial charge is 0.352 e. The molecule has 1 aromatic carbocycles. The third-order valence-corrected chi connectivity index (χ3v) is 4.00. The molecule has 0 radical (unpaired) electrons. The zero-order valence-electron chi connectivity index (χ0n) is 12.0. The van der Waals surface area contributed by atoms with E-state index in [2.05, 4.69) is 30.1 Å². The topological polar surface area (TPSA) is 31.4 Å². The molecule has 0 amide bonds. The highest BCUT2D eigenvalue weighted by molar-refractivity contribution is 7.98. The van der Waals surface area contributed by atoms with Crippen molar-refractivity contribution in [1.82, 2.24) is 4.98 Å². The van der Waals surface area contributed by atoms with Gasteiger partial charge in [0.05, 0.1) is 0 Å². The second-order valence-electron chi connectivity index (χ2n) is 4.53. The Bertz CT molecular complexity index is 538. The molecule has 0 aliphatic heterocycles. The number of methoxy groups -OCH3 is 2. The minimum absolute atomic E-state index is 0.296. The van der Waals surface area contributed by atoms with Crippen molar-refractivity contribution in [2.24, 2.45) is 0 Å². The predicted molar refractivity (Wildman–Crippen MR) is 81.7 cm³/mol. The van der Waals surface area contributed by atoms with E-state index in [9.17, 15) is 0 Å². The summed E-state index contributed by atoms with van der Waals surface area (Å²) in [7, 11) is 3.28. The Kier molecular flexibility index (Phi) is 5.59. The van der Waals surface area contributed by atoms with Gasteiger partial charge in [-0.25, -0.2) is 0 Å². The summed E-state index contributed by atoms with van der Waals surface area (Å²) in [6.07, 6.45) is 3.49. The summed E-state index contributed by atoms with van der Waals surface area (Å²) in [5.74, 6) is 0.923. The Morgan fingerprint density at radius 1 is 1.10 bits per heavy atom. The van der Waals surface area contributed by atoms with Crippen molar-refractivity contribution in [3.05, 3.63) is 59.4 Å². The lowest BCUT2D eigenvalue weighted by atomic mass is 10.2. The van der Waals surface area contributed by atoms with Crippen LogP contribution in [0.15, 0.2) is 47.6 Å². The molecule has 2 rings (SSSR count). The lowest BCUT2D eigenvalue weighted by Gasteiger charge is -2.13. The van der Waals surface area contributed by atoms with E-state index in [-0.39, 0.29) is 6.29 Å². The standard InChI is InChI=1S/C16H19NO2S/c1-12-8-13(10-17-9-12)11-20-15-6-4-14(5-7-15)16(18-2)19-3/h4-10,16H,11H2,1-3H3. The van der Waals surface area contributed by atoms with Crippen molar-refractivity contribution < 1.29 is 9.47 Å². The van der Waals surface area contributed by atoms with Crippen LogP contribution in [0.2, 0.25) is 0 Å². The molecule has 2 aromatic rings. The molecule has 4 heteroatoms. The number of thioether (sulfide) groups is 1. The summed E-state index contributed by atoms with van der Waals surface area (Å²) < 4.78 is 10.5. The Morgan fingerprint density at radius 3 is 2.40 bits per heavy atom. The molecule has 106 valence electrons. The normalized spacial score (nSPS) is 11.0. The first-order chi connectivity index (χ1) is 9.72. The number of pyridine rings is 1. The van der Waals surface area contributed by atoms with E-state index >= 15 is 0 Å². The smallest absolute Gasteiger partial charge is 0.183 e. The zero-order chi connectivity index (χ0) is 14.4. The molecular weight excluding hydrogens is 270 g/mol. The fourth-order valence-electron chi connectivity index (χ4n) is 1.95. The molecule has 0 saturated heterocycles. The van der Waals surface area contributed by atoms with Crippen LogP contribution in [0.25, 0.3) is 0 Å². The van der Waals surface area contributed by atoms with E-state index in [0.29, 0.717) is 0 Å². The maximum atomic E-state index is 5.23. The first-order valence-corrected chi connectivity index (χ1v) is 7.40. The first kappa shape index (κ1) is 15.0. The van der Waals surface area contributed by atoms with Gasteiger partial charge in [0.2, 0.25) is 0 Å². The van der Waals surface area contributed by atoms with Crippen LogP contribution in [0.1, 0.15) is 23.0 Å². The summed E-state index contributed by atoms with van der Waals surface area (Å²) in [6.45, 7) is 2.06. The molecule has 20 heavy (non-hydrogen) atoms. The number of benzene rings is 1. The molecule has 0 saturated carbocycles. The van der Waals surface area contributed by atoms with E-state index in [0.717, 1.165) is 11.3 Å². The lowest BCUT2D eigenvalue weighted by molar-refractivity contribution is -0.106. The molecule has 0 bridgehead atoms. The summed E-state index contributed by atoms with van der Waals surface area (Å²) in [5.41, 5.74) is 3.46. The van der Waals surface area contributed by atoms with Crippen molar-refractivity contribution in [2.75, 3.05) is 14.2 Å². The highest BCUT2D eigenvalue weighted by Gasteiger charge is 2.08. The summed E-state index contributed by atoms with van der Waals surface area (Å²) in [4.78, 5) is 5.43. The fraction of sp³-hybridized carbons (Fsp3) is 0.312. The monoisotopic (exact) mass is 289 g/mol. The van der Waals surface area contributed by atoms with Crippen LogP contribution in [0, 0.1) is 6.92 Å². The first-order valence-electron chi connectivity index (χ1n) is 6.42. The summed E-state index contributed by atoms with van der Waals surface area (Å²) in [6, 6.07) is 10.4. The van der Waals surface area contributed by atoms with Crippen molar-refractivity contribution in [2.45, 2.75) is 23.9 Å². The number of hydrogen-bond acceptors (Lipinski definition) is 4. The Morgan fingerprint density at radius 2 is 1.80 bits per heavy atom. The molecule has 0 spiro atoms. The number of aromatic nitrogens is 1. The van der Waals surface area contributed by atoms with Crippen molar-refractivity contribution >= 4 is 11.8 Å². The van der Waals surface area contributed by atoms with Crippen molar-refractivity contribution in [1.29, 1.82) is 0 Å². The Hall–Kier alpha value is -1.36. The summed E-state index contributed by atoms with van der Waals surface area (Å²) in [5, 5.41) is 0. The van der Waals surface area contributed by atoms with Crippen LogP contribution in [0.4, 0.5) is 0 Å². The van der Waals surface area contributed by atoms with Gasteiger partial charge in [0.25, 0.3) is 0 Å². The van der Waals surface area contributed by atoms with Gasteiger partial charge in [-0.3, -0.25) is 4.98 Å². The molecule has 1 aromatic heterocycles. The van der Waals surface area contributed by atoms with Gasteiger partial charge < -0.3 is 9.47 Å². The van der Waals surface area contributed by atoms with Gasteiger partial charge in [-0.05, 0) is 30.2 Å². The highest BCUT2D eigenvalue weighted by Crippen LogP contribution is 2.25. The van der Waals surface area contributed by atoms with Crippen LogP contribution in [-0.2, 0) is 15.2 Å². The number of ether oxygens (including phenoxy) is 2. The Balaban J connectivity index is 1.97. The minimum atomic E-state index is -0.296. The van der Waals surface area contributed by atoms with Gasteiger partial charge in [0.1, 0.15) is 0 Å². The van der Waals surface area contributed by atoms with Crippen LogP contribution < -0.4 is 0 Å². The second kappa shape index (κ2) is 7.43. The van der Waals surface area contributed by atoms with Gasteiger partial charge >= 0.3 is 0 Å². The lowest BCUT2D eigenvalue weighted by Crippen LogP contribution is -2.02. The van der Waals surface area contributed by atoms with E-state index in [1.54, 1.807) is 26.0 Å². The average Bonchev–Trinajstić information content (AvgIpc) is 2.48.